The van der Waals surface area contributed by atoms with E-state index in [1.54, 1.807) is 0 Å². The SMILES string of the molecule is C=CCN(CC)c1ncc(CNCC(C)C)cc1Cl. The first-order valence-corrected chi connectivity index (χ1v) is 7.17. The number of hydrogen-bond donors (Lipinski definition) is 1. The summed E-state index contributed by atoms with van der Waals surface area (Å²) in [5, 5.41) is 4.09. The molecule has 1 heterocycles. The van der Waals surface area contributed by atoms with Gasteiger partial charge in [0, 0.05) is 25.8 Å². The number of likely N-dealkylation sites (N-methyl/N-ethyl adjacent to an activating group) is 1. The molecule has 19 heavy (non-hydrogen) atoms. The monoisotopic (exact) mass is 281 g/mol. The molecule has 0 radical (unpaired) electrons. The van der Waals surface area contributed by atoms with Crippen molar-refractivity contribution in [1.29, 1.82) is 0 Å². The molecule has 1 rings (SSSR count). The van der Waals surface area contributed by atoms with Crippen molar-refractivity contribution < 1.29 is 0 Å². The predicted octanol–water partition coefficient (Wildman–Crippen LogP) is 3.49. The first-order valence-electron chi connectivity index (χ1n) is 6.79. The maximum Gasteiger partial charge on any atom is 0.147 e. The van der Waals surface area contributed by atoms with Crippen LogP contribution < -0.4 is 10.2 Å². The molecule has 1 N–H and O–H groups in total. The van der Waals surface area contributed by atoms with E-state index in [0.717, 1.165) is 37.6 Å². The normalized spacial score (nSPS) is 10.8. The number of hydrogen-bond acceptors (Lipinski definition) is 3. The molecule has 0 bridgehead atoms. The van der Waals surface area contributed by atoms with E-state index >= 15 is 0 Å². The van der Waals surface area contributed by atoms with E-state index in [2.05, 4.69) is 42.6 Å². The quantitative estimate of drug-likeness (QED) is 0.740. The smallest absolute Gasteiger partial charge is 0.147 e. The molecule has 0 aromatic carbocycles. The molecule has 0 unspecified atom stereocenters. The highest BCUT2D eigenvalue weighted by Crippen LogP contribution is 2.23. The van der Waals surface area contributed by atoms with Gasteiger partial charge >= 0.3 is 0 Å². The van der Waals surface area contributed by atoms with Crippen LogP contribution >= 0.6 is 11.6 Å². The summed E-state index contributed by atoms with van der Waals surface area (Å²) in [4.78, 5) is 6.57. The zero-order chi connectivity index (χ0) is 14.3. The van der Waals surface area contributed by atoms with Gasteiger partial charge in [0.05, 0.1) is 5.02 Å². The van der Waals surface area contributed by atoms with Gasteiger partial charge in [-0.25, -0.2) is 4.98 Å². The molecule has 0 aliphatic rings. The van der Waals surface area contributed by atoms with Crippen molar-refractivity contribution in [2.24, 2.45) is 5.92 Å². The second-order valence-electron chi connectivity index (χ2n) is 5.00. The van der Waals surface area contributed by atoms with Crippen molar-refractivity contribution in [1.82, 2.24) is 10.3 Å². The molecule has 0 aliphatic carbocycles. The summed E-state index contributed by atoms with van der Waals surface area (Å²) in [5.41, 5.74) is 1.11. The summed E-state index contributed by atoms with van der Waals surface area (Å²) in [6.45, 7) is 13.6. The van der Waals surface area contributed by atoms with Crippen LogP contribution in [0.25, 0.3) is 0 Å². The van der Waals surface area contributed by atoms with E-state index < -0.39 is 0 Å². The Kier molecular flexibility index (Phi) is 6.89. The minimum atomic E-state index is 0.644. The lowest BCUT2D eigenvalue weighted by molar-refractivity contribution is 0.552. The van der Waals surface area contributed by atoms with Crippen LogP contribution in [0.15, 0.2) is 24.9 Å². The van der Waals surface area contributed by atoms with E-state index in [9.17, 15) is 0 Å². The van der Waals surface area contributed by atoms with Crippen molar-refractivity contribution in [3.63, 3.8) is 0 Å². The molecule has 106 valence electrons. The van der Waals surface area contributed by atoms with Gasteiger partial charge in [0.2, 0.25) is 0 Å². The summed E-state index contributed by atoms with van der Waals surface area (Å²) < 4.78 is 0. The van der Waals surface area contributed by atoms with Gasteiger partial charge in [-0.15, -0.1) is 6.58 Å². The average molecular weight is 282 g/mol. The second kappa shape index (κ2) is 8.18. The minimum Gasteiger partial charge on any atom is -0.352 e. The topological polar surface area (TPSA) is 28.2 Å². The summed E-state index contributed by atoms with van der Waals surface area (Å²) in [6, 6.07) is 1.99. The van der Waals surface area contributed by atoms with Crippen LogP contribution in [0.1, 0.15) is 26.3 Å². The highest BCUT2D eigenvalue weighted by atomic mass is 35.5. The lowest BCUT2D eigenvalue weighted by Crippen LogP contribution is -2.24. The fourth-order valence-electron chi connectivity index (χ4n) is 1.83. The van der Waals surface area contributed by atoms with E-state index in [4.69, 9.17) is 11.6 Å². The van der Waals surface area contributed by atoms with E-state index in [-0.39, 0.29) is 0 Å². The third kappa shape index (κ3) is 5.21. The fourth-order valence-corrected chi connectivity index (χ4v) is 2.13. The van der Waals surface area contributed by atoms with Crippen molar-refractivity contribution in [3.8, 4) is 0 Å². The summed E-state index contributed by atoms with van der Waals surface area (Å²) in [7, 11) is 0. The fraction of sp³-hybridized carbons (Fsp3) is 0.533. The molecule has 0 fully saturated rings. The van der Waals surface area contributed by atoms with Gasteiger partial charge < -0.3 is 10.2 Å². The molecule has 0 saturated heterocycles. The van der Waals surface area contributed by atoms with E-state index in [1.807, 2.05) is 18.3 Å². The average Bonchev–Trinajstić information content (AvgIpc) is 2.36. The van der Waals surface area contributed by atoms with E-state index in [0.29, 0.717) is 10.9 Å². The molecule has 0 saturated carbocycles. The number of halogens is 1. The molecule has 0 atom stereocenters. The van der Waals surface area contributed by atoms with Crippen LogP contribution in [0.2, 0.25) is 5.02 Å². The number of nitrogens with one attached hydrogen (secondary N) is 1. The number of aromatic nitrogens is 1. The van der Waals surface area contributed by atoms with Crippen LogP contribution in [0.5, 0.6) is 0 Å². The first-order chi connectivity index (χ1) is 9.08. The van der Waals surface area contributed by atoms with Crippen LogP contribution in [-0.2, 0) is 6.54 Å². The molecule has 1 aromatic heterocycles. The summed E-state index contributed by atoms with van der Waals surface area (Å²) in [6.07, 6.45) is 3.75. The van der Waals surface area contributed by atoms with Gasteiger partial charge in [-0.1, -0.05) is 31.5 Å². The van der Waals surface area contributed by atoms with Crippen molar-refractivity contribution in [2.75, 3.05) is 24.5 Å². The maximum atomic E-state index is 6.31. The third-order valence-electron chi connectivity index (χ3n) is 2.79. The molecule has 0 spiro atoms. The maximum absolute atomic E-state index is 6.31. The van der Waals surface area contributed by atoms with Crippen LogP contribution in [0, 0.1) is 5.92 Å². The van der Waals surface area contributed by atoms with Gasteiger partial charge in [0.25, 0.3) is 0 Å². The van der Waals surface area contributed by atoms with Crippen LogP contribution in [0.3, 0.4) is 0 Å². The van der Waals surface area contributed by atoms with Gasteiger partial charge in [-0.05, 0) is 31.0 Å². The third-order valence-corrected chi connectivity index (χ3v) is 3.07. The molecular formula is C15H24ClN3. The number of nitrogens with zero attached hydrogens (tertiary/aromatic N) is 2. The van der Waals surface area contributed by atoms with Gasteiger partial charge in [-0.3, -0.25) is 0 Å². The summed E-state index contributed by atoms with van der Waals surface area (Å²) >= 11 is 6.31. The molecule has 0 aliphatic heterocycles. The Balaban J connectivity index is 2.70. The zero-order valence-electron chi connectivity index (χ0n) is 12.1. The van der Waals surface area contributed by atoms with Crippen molar-refractivity contribution >= 4 is 17.4 Å². The highest BCUT2D eigenvalue weighted by molar-refractivity contribution is 6.33. The largest absolute Gasteiger partial charge is 0.352 e. The van der Waals surface area contributed by atoms with E-state index in [1.165, 1.54) is 0 Å². The standard InChI is InChI=1S/C15H24ClN3/c1-5-7-19(6-2)15-14(16)8-13(11-18-15)10-17-9-12(3)4/h5,8,11-12,17H,1,6-7,9-10H2,2-4H3. The molecule has 1 aromatic rings. The van der Waals surface area contributed by atoms with Crippen molar-refractivity contribution in [2.45, 2.75) is 27.3 Å². The highest BCUT2D eigenvalue weighted by Gasteiger charge is 2.09. The van der Waals surface area contributed by atoms with Gasteiger partial charge in [0.15, 0.2) is 0 Å². The Labute approximate surface area is 121 Å². The Morgan fingerprint density at radius 2 is 2.26 bits per heavy atom. The van der Waals surface area contributed by atoms with Gasteiger partial charge in [0.1, 0.15) is 5.82 Å². The molecular weight excluding hydrogens is 258 g/mol. The summed E-state index contributed by atoms with van der Waals surface area (Å²) in [5.74, 6) is 1.47. The Morgan fingerprint density at radius 3 is 2.79 bits per heavy atom. The first kappa shape index (κ1) is 16.0. The van der Waals surface area contributed by atoms with Gasteiger partial charge in [-0.2, -0.15) is 0 Å². The van der Waals surface area contributed by atoms with Crippen LogP contribution in [-0.4, -0.2) is 24.6 Å². The number of anilines is 1. The molecule has 4 heteroatoms. The lowest BCUT2D eigenvalue weighted by Gasteiger charge is -2.21. The second-order valence-corrected chi connectivity index (χ2v) is 5.41. The molecule has 0 amide bonds. The lowest BCUT2D eigenvalue weighted by atomic mass is 10.2. The predicted molar refractivity (Wildman–Crippen MR) is 83.9 cm³/mol. The number of rotatable bonds is 8. The van der Waals surface area contributed by atoms with Crippen molar-refractivity contribution in [3.05, 3.63) is 35.5 Å². The Morgan fingerprint density at radius 1 is 1.53 bits per heavy atom. The number of pyridine rings is 1. The Hall–Kier alpha value is -1.06. The Bertz CT molecular complexity index is 404. The zero-order valence-corrected chi connectivity index (χ0v) is 12.9. The van der Waals surface area contributed by atoms with Crippen LogP contribution in [0.4, 0.5) is 5.82 Å². The molecule has 3 nitrogen and oxygen atoms in total. The minimum absolute atomic E-state index is 0.644.